The molecule has 1 aromatic carbocycles. The second kappa shape index (κ2) is 9.43. The summed E-state index contributed by atoms with van der Waals surface area (Å²) in [5.74, 6) is -1.42. The standard InChI is InChI=1S/C24H33N3O4S/c1-3-4-12-26-22(30)20-24-11-10-17(32-24)18(21(29)25-2)19(24)23(31)27(20)16(14-28)13-15-8-6-5-7-9-15/h5-9,16-20,28H,3-4,10-14H2,1-2H3,(H,25,29)(H,26,30)/t16-,17-,18+,19+,20?,24?/m1/s1. The van der Waals surface area contributed by atoms with Crippen LogP contribution in [-0.2, 0) is 20.8 Å². The van der Waals surface area contributed by atoms with Crippen LogP contribution in [0.3, 0.4) is 0 Å². The third kappa shape index (κ3) is 3.71. The van der Waals surface area contributed by atoms with E-state index in [-0.39, 0.29) is 29.6 Å². The Hall–Kier alpha value is -2.06. The fraction of sp³-hybridized carbons (Fsp3) is 0.625. The first-order valence-electron chi connectivity index (χ1n) is 11.6. The van der Waals surface area contributed by atoms with Crippen molar-refractivity contribution in [3.8, 4) is 0 Å². The second-order valence-electron chi connectivity index (χ2n) is 9.09. The van der Waals surface area contributed by atoms with Gasteiger partial charge in [0.25, 0.3) is 0 Å². The average Bonchev–Trinajstić information content (AvgIpc) is 3.45. The molecule has 6 atom stereocenters. The van der Waals surface area contributed by atoms with Crippen LogP contribution in [0, 0.1) is 11.8 Å². The molecule has 4 rings (SSSR count). The molecular formula is C24H33N3O4S. The Balaban J connectivity index is 1.71. The van der Waals surface area contributed by atoms with Crippen molar-refractivity contribution >= 4 is 29.5 Å². The number of likely N-dealkylation sites (tertiary alicyclic amines) is 1. The Labute approximate surface area is 193 Å². The molecule has 1 aromatic rings. The molecule has 0 radical (unpaired) electrons. The molecule has 3 N–H and O–H groups in total. The minimum absolute atomic E-state index is 0.0543. The van der Waals surface area contributed by atoms with Gasteiger partial charge in [0.05, 0.1) is 29.2 Å². The average molecular weight is 460 g/mol. The largest absolute Gasteiger partial charge is 0.394 e. The van der Waals surface area contributed by atoms with Gasteiger partial charge in [0, 0.05) is 18.8 Å². The van der Waals surface area contributed by atoms with Gasteiger partial charge in [0.2, 0.25) is 17.7 Å². The number of hydrogen-bond donors (Lipinski definition) is 3. The number of fused-ring (bicyclic) bond motifs is 1. The summed E-state index contributed by atoms with van der Waals surface area (Å²) in [5.41, 5.74) is 0.999. The molecule has 1 spiro atoms. The third-order valence-corrected chi connectivity index (χ3v) is 9.24. The van der Waals surface area contributed by atoms with Crippen LogP contribution in [-0.4, -0.2) is 70.0 Å². The summed E-state index contributed by atoms with van der Waals surface area (Å²) in [6.07, 6.45) is 3.85. The number of carbonyl (C=O) groups is 3. The molecule has 8 heteroatoms. The molecule has 32 heavy (non-hydrogen) atoms. The van der Waals surface area contributed by atoms with E-state index in [9.17, 15) is 19.5 Å². The van der Waals surface area contributed by atoms with Gasteiger partial charge in [-0.15, -0.1) is 11.8 Å². The minimum atomic E-state index is -0.678. The Morgan fingerprint density at radius 3 is 2.69 bits per heavy atom. The zero-order valence-corrected chi connectivity index (χ0v) is 19.6. The topological polar surface area (TPSA) is 98.7 Å². The zero-order chi connectivity index (χ0) is 22.9. The molecule has 0 saturated carbocycles. The predicted molar refractivity (Wildman–Crippen MR) is 124 cm³/mol. The van der Waals surface area contributed by atoms with Crippen LogP contribution < -0.4 is 10.6 Å². The van der Waals surface area contributed by atoms with Gasteiger partial charge in [0.1, 0.15) is 6.04 Å². The van der Waals surface area contributed by atoms with Gasteiger partial charge in [-0.1, -0.05) is 43.7 Å². The maximum absolute atomic E-state index is 13.9. The number of hydrogen-bond acceptors (Lipinski definition) is 5. The number of rotatable bonds is 9. The number of aliphatic hydroxyl groups excluding tert-OH is 1. The number of aliphatic hydroxyl groups is 1. The Morgan fingerprint density at radius 1 is 1.28 bits per heavy atom. The summed E-state index contributed by atoms with van der Waals surface area (Å²) in [6, 6.07) is 8.51. The molecule has 174 valence electrons. The van der Waals surface area contributed by atoms with E-state index in [4.69, 9.17) is 0 Å². The lowest BCUT2D eigenvalue weighted by Gasteiger charge is -2.37. The lowest BCUT2D eigenvalue weighted by atomic mass is 9.71. The SMILES string of the molecule is CCCCNC(=O)C1N([C@@H](CO)Cc2ccccc2)C(=O)[C@@H]2[C@@H](C(=O)NC)[C@H]3CCC12S3. The monoisotopic (exact) mass is 459 g/mol. The maximum Gasteiger partial charge on any atom is 0.244 e. The number of nitrogens with zero attached hydrogens (tertiary/aromatic N) is 1. The van der Waals surface area contributed by atoms with E-state index in [1.807, 2.05) is 30.3 Å². The summed E-state index contributed by atoms with van der Waals surface area (Å²) < 4.78 is -0.612. The van der Waals surface area contributed by atoms with Crippen molar-refractivity contribution in [3.05, 3.63) is 35.9 Å². The molecule has 3 amide bonds. The first-order valence-corrected chi connectivity index (χ1v) is 12.5. The predicted octanol–water partition coefficient (Wildman–Crippen LogP) is 1.34. The van der Waals surface area contributed by atoms with Crippen LogP contribution in [0.2, 0.25) is 0 Å². The molecule has 0 aliphatic carbocycles. The highest BCUT2D eigenvalue weighted by molar-refractivity contribution is 8.02. The Morgan fingerprint density at radius 2 is 2.03 bits per heavy atom. The highest BCUT2D eigenvalue weighted by atomic mass is 32.2. The molecule has 7 nitrogen and oxygen atoms in total. The van der Waals surface area contributed by atoms with Gasteiger partial charge in [-0.2, -0.15) is 0 Å². The lowest BCUT2D eigenvalue weighted by Crippen LogP contribution is -2.57. The number of benzene rings is 1. The van der Waals surface area contributed by atoms with Gasteiger partial charge in [-0.3, -0.25) is 14.4 Å². The van der Waals surface area contributed by atoms with E-state index in [1.54, 1.807) is 23.7 Å². The first kappa shape index (κ1) is 23.1. The van der Waals surface area contributed by atoms with E-state index in [1.165, 1.54) is 0 Å². The van der Waals surface area contributed by atoms with Crippen LogP contribution in [0.15, 0.2) is 30.3 Å². The molecule has 2 unspecified atom stereocenters. The van der Waals surface area contributed by atoms with Crippen molar-refractivity contribution in [1.29, 1.82) is 0 Å². The summed E-state index contributed by atoms with van der Waals surface area (Å²) in [7, 11) is 1.60. The minimum Gasteiger partial charge on any atom is -0.394 e. The van der Waals surface area contributed by atoms with Gasteiger partial charge < -0.3 is 20.6 Å². The zero-order valence-electron chi connectivity index (χ0n) is 18.8. The van der Waals surface area contributed by atoms with Crippen molar-refractivity contribution in [1.82, 2.24) is 15.5 Å². The van der Waals surface area contributed by atoms with Gasteiger partial charge in [-0.05, 0) is 31.2 Å². The fourth-order valence-corrected chi connectivity index (χ4v) is 8.08. The van der Waals surface area contributed by atoms with Crippen LogP contribution in [0.25, 0.3) is 0 Å². The number of amides is 3. The van der Waals surface area contributed by atoms with Crippen LogP contribution >= 0.6 is 11.8 Å². The first-order chi connectivity index (χ1) is 15.5. The van der Waals surface area contributed by atoms with E-state index in [0.29, 0.717) is 13.0 Å². The van der Waals surface area contributed by atoms with E-state index in [2.05, 4.69) is 17.6 Å². The summed E-state index contributed by atoms with van der Waals surface area (Å²) in [6.45, 7) is 2.39. The quantitative estimate of drug-likeness (QED) is 0.484. The normalized spacial score (nSPS) is 31.5. The number of carbonyl (C=O) groups excluding carboxylic acids is 3. The molecule has 3 saturated heterocycles. The van der Waals surface area contributed by atoms with Gasteiger partial charge in [-0.25, -0.2) is 0 Å². The molecule has 0 aromatic heterocycles. The van der Waals surface area contributed by atoms with Crippen LogP contribution in [0.4, 0.5) is 0 Å². The molecule has 3 aliphatic heterocycles. The highest BCUT2D eigenvalue weighted by Crippen LogP contribution is 2.66. The van der Waals surface area contributed by atoms with Crippen LogP contribution in [0.1, 0.15) is 38.2 Å². The number of unbranched alkanes of at least 4 members (excludes halogenated alkanes) is 1. The van der Waals surface area contributed by atoms with Crippen molar-refractivity contribution in [2.24, 2.45) is 11.8 Å². The van der Waals surface area contributed by atoms with E-state index >= 15 is 0 Å². The Bertz CT molecular complexity index is 866. The van der Waals surface area contributed by atoms with E-state index in [0.717, 1.165) is 31.2 Å². The third-order valence-electron chi connectivity index (χ3n) is 7.28. The highest BCUT2D eigenvalue weighted by Gasteiger charge is 2.74. The summed E-state index contributed by atoms with van der Waals surface area (Å²) >= 11 is 1.65. The number of thioether (sulfide) groups is 1. The lowest BCUT2D eigenvalue weighted by molar-refractivity contribution is -0.142. The smallest absolute Gasteiger partial charge is 0.244 e. The van der Waals surface area contributed by atoms with Crippen molar-refractivity contribution in [3.63, 3.8) is 0 Å². The maximum atomic E-state index is 13.9. The van der Waals surface area contributed by atoms with Gasteiger partial charge >= 0.3 is 0 Å². The molecule has 3 aliphatic rings. The number of nitrogens with one attached hydrogen (secondary N) is 2. The Kier molecular flexibility index (Phi) is 6.81. The second-order valence-corrected chi connectivity index (χ2v) is 10.7. The van der Waals surface area contributed by atoms with Crippen LogP contribution in [0.5, 0.6) is 0 Å². The molecule has 3 heterocycles. The molecule has 2 bridgehead atoms. The van der Waals surface area contributed by atoms with Crippen molar-refractivity contribution in [2.45, 2.75) is 61.1 Å². The summed E-state index contributed by atoms with van der Waals surface area (Å²) in [4.78, 5) is 41.8. The molecule has 3 fully saturated rings. The van der Waals surface area contributed by atoms with E-state index < -0.39 is 28.7 Å². The van der Waals surface area contributed by atoms with Crippen molar-refractivity contribution < 1.29 is 19.5 Å². The fourth-order valence-electron chi connectivity index (χ4n) is 5.87. The van der Waals surface area contributed by atoms with Crippen molar-refractivity contribution in [2.75, 3.05) is 20.2 Å². The summed E-state index contributed by atoms with van der Waals surface area (Å²) in [5, 5.41) is 16.1. The molecular weight excluding hydrogens is 426 g/mol. The van der Waals surface area contributed by atoms with Gasteiger partial charge in [0.15, 0.2) is 0 Å².